The van der Waals surface area contributed by atoms with Crippen LogP contribution in [0.15, 0.2) is 60.7 Å². The van der Waals surface area contributed by atoms with Crippen LogP contribution in [0.25, 0.3) is 0 Å². The van der Waals surface area contributed by atoms with Crippen molar-refractivity contribution in [2.24, 2.45) is 0 Å². The zero-order valence-corrected chi connectivity index (χ0v) is 21.4. The molecule has 1 aliphatic rings. The summed E-state index contributed by atoms with van der Waals surface area (Å²) in [4.78, 5) is 29.3. The van der Waals surface area contributed by atoms with Crippen molar-refractivity contribution in [2.75, 3.05) is 27.9 Å². The van der Waals surface area contributed by atoms with E-state index in [4.69, 9.17) is 14.2 Å². The highest BCUT2D eigenvalue weighted by atomic mass is 19.1. The summed E-state index contributed by atoms with van der Waals surface area (Å²) in [7, 11) is 4.58. The van der Waals surface area contributed by atoms with E-state index in [9.17, 15) is 14.0 Å². The molecule has 0 radical (unpaired) electrons. The average Bonchev–Trinajstić information content (AvgIpc) is 2.93. The number of nitrogens with zero attached hydrogens (tertiary/aromatic N) is 1. The van der Waals surface area contributed by atoms with E-state index in [2.05, 4.69) is 5.32 Å². The maximum Gasteiger partial charge on any atom is 0.254 e. The normalized spacial score (nSPS) is 16.7. The minimum Gasteiger partial charge on any atom is -0.493 e. The van der Waals surface area contributed by atoms with Crippen molar-refractivity contribution in [1.82, 2.24) is 10.2 Å². The summed E-state index contributed by atoms with van der Waals surface area (Å²) < 4.78 is 30.0. The number of hydrogen-bond acceptors (Lipinski definition) is 5. The molecular formula is C29H31FN2O5. The predicted octanol–water partition coefficient (Wildman–Crippen LogP) is 4.86. The molecule has 37 heavy (non-hydrogen) atoms. The number of amides is 2. The van der Waals surface area contributed by atoms with Crippen LogP contribution >= 0.6 is 0 Å². The maximum absolute atomic E-state index is 13.9. The molecule has 0 saturated carbocycles. The molecule has 8 heteroatoms. The molecule has 0 unspecified atom stereocenters. The van der Waals surface area contributed by atoms with Crippen LogP contribution in [0.3, 0.4) is 0 Å². The van der Waals surface area contributed by atoms with Crippen LogP contribution in [-0.2, 0) is 11.3 Å². The van der Waals surface area contributed by atoms with Crippen molar-refractivity contribution in [2.45, 2.75) is 31.8 Å². The molecule has 1 aliphatic heterocycles. The molecule has 1 N–H and O–H groups in total. The van der Waals surface area contributed by atoms with Crippen LogP contribution in [0.4, 0.5) is 4.39 Å². The molecule has 4 rings (SSSR count). The van der Waals surface area contributed by atoms with Crippen LogP contribution < -0.4 is 19.5 Å². The molecule has 2 atom stereocenters. The van der Waals surface area contributed by atoms with Gasteiger partial charge in [0.2, 0.25) is 11.7 Å². The quantitative estimate of drug-likeness (QED) is 0.449. The van der Waals surface area contributed by atoms with Gasteiger partial charge in [-0.2, -0.15) is 0 Å². The molecule has 0 fully saturated rings. The van der Waals surface area contributed by atoms with Gasteiger partial charge in [0.25, 0.3) is 5.91 Å². The van der Waals surface area contributed by atoms with Crippen LogP contribution in [0, 0.1) is 5.82 Å². The molecule has 7 nitrogen and oxygen atoms in total. The predicted molar refractivity (Wildman–Crippen MR) is 138 cm³/mol. The van der Waals surface area contributed by atoms with Gasteiger partial charge < -0.3 is 24.4 Å². The van der Waals surface area contributed by atoms with Crippen molar-refractivity contribution >= 4 is 11.8 Å². The Kier molecular flexibility index (Phi) is 7.96. The van der Waals surface area contributed by atoms with E-state index < -0.39 is 12.0 Å². The van der Waals surface area contributed by atoms with Gasteiger partial charge in [-0.05, 0) is 53.4 Å². The van der Waals surface area contributed by atoms with Gasteiger partial charge in [-0.25, -0.2) is 4.39 Å². The molecule has 0 spiro atoms. The van der Waals surface area contributed by atoms with Crippen LogP contribution in [0.2, 0.25) is 0 Å². The van der Waals surface area contributed by atoms with Crippen molar-refractivity contribution in [3.63, 3.8) is 0 Å². The minimum absolute atomic E-state index is 0.140. The Morgan fingerprint density at radius 2 is 1.62 bits per heavy atom. The fourth-order valence-corrected chi connectivity index (χ4v) is 4.91. The number of methoxy groups -OCH3 is 3. The van der Waals surface area contributed by atoms with Crippen LogP contribution in [0.5, 0.6) is 17.2 Å². The van der Waals surface area contributed by atoms with Crippen molar-refractivity contribution < 1.29 is 28.2 Å². The summed E-state index contributed by atoms with van der Waals surface area (Å²) in [5.74, 6) is -0.134. The van der Waals surface area contributed by atoms with E-state index in [1.165, 1.54) is 33.5 Å². The van der Waals surface area contributed by atoms with E-state index in [1.54, 1.807) is 41.3 Å². The van der Waals surface area contributed by atoms with E-state index in [0.717, 1.165) is 5.56 Å². The summed E-state index contributed by atoms with van der Waals surface area (Å²) in [6.45, 7) is 2.67. The van der Waals surface area contributed by atoms with E-state index in [1.807, 2.05) is 19.1 Å². The molecule has 3 aromatic carbocycles. The Bertz CT molecular complexity index is 1250. The number of benzene rings is 3. The number of hydrogen-bond donors (Lipinski definition) is 1. The first-order chi connectivity index (χ1) is 17.9. The topological polar surface area (TPSA) is 77.1 Å². The van der Waals surface area contributed by atoms with Crippen molar-refractivity contribution in [3.05, 3.63) is 88.7 Å². The lowest BCUT2D eigenvalue weighted by Crippen LogP contribution is -2.47. The number of nitrogens with one attached hydrogen (secondary N) is 1. The smallest absolute Gasteiger partial charge is 0.254 e. The zero-order valence-electron chi connectivity index (χ0n) is 21.4. The Morgan fingerprint density at radius 3 is 2.22 bits per heavy atom. The Hall–Kier alpha value is -4.07. The van der Waals surface area contributed by atoms with Crippen LogP contribution in [-0.4, -0.2) is 44.6 Å². The van der Waals surface area contributed by atoms with Gasteiger partial charge in [0, 0.05) is 18.7 Å². The number of halogens is 1. The molecule has 0 aliphatic carbocycles. The molecule has 0 bridgehead atoms. The SMILES string of the molecule is CCCN1C(=O)c2ccccc2[C@H](C(=O)NCc2ccc(F)cc2)[C@H]1c1cc(OC)c(OC)c(OC)c1. The standard InChI is InChI=1S/C29H31FN2O5/c1-5-14-32-26(19-15-23(35-2)27(37-4)24(16-19)36-3)25(21-8-6-7-9-22(21)29(32)34)28(33)31-17-18-10-12-20(30)13-11-18/h6-13,15-16,25-26H,5,14,17H2,1-4H3,(H,31,33)/t25-,26+/m0/s1. The summed E-state index contributed by atoms with van der Waals surface area (Å²) in [5, 5.41) is 3.00. The Labute approximate surface area is 216 Å². The second-order valence-corrected chi connectivity index (χ2v) is 8.81. The summed E-state index contributed by atoms with van der Waals surface area (Å²) in [6.07, 6.45) is 0.707. The summed E-state index contributed by atoms with van der Waals surface area (Å²) in [5.41, 5.74) is 2.61. The largest absolute Gasteiger partial charge is 0.493 e. The average molecular weight is 507 g/mol. The second-order valence-electron chi connectivity index (χ2n) is 8.81. The lowest BCUT2D eigenvalue weighted by atomic mass is 9.79. The highest BCUT2D eigenvalue weighted by Gasteiger charge is 2.44. The van der Waals surface area contributed by atoms with Gasteiger partial charge >= 0.3 is 0 Å². The van der Waals surface area contributed by atoms with E-state index >= 15 is 0 Å². The monoisotopic (exact) mass is 506 g/mol. The molecule has 1 heterocycles. The third-order valence-corrected chi connectivity index (χ3v) is 6.59. The highest BCUT2D eigenvalue weighted by Crippen LogP contribution is 2.47. The molecule has 2 amide bonds. The van der Waals surface area contributed by atoms with Gasteiger partial charge in [-0.1, -0.05) is 37.3 Å². The number of ether oxygens (including phenoxy) is 3. The van der Waals surface area contributed by atoms with Crippen molar-refractivity contribution in [3.8, 4) is 17.2 Å². The first-order valence-corrected chi connectivity index (χ1v) is 12.1. The molecule has 3 aromatic rings. The number of carbonyl (C=O) groups is 2. The molecular weight excluding hydrogens is 475 g/mol. The zero-order chi connectivity index (χ0) is 26.5. The minimum atomic E-state index is -0.705. The van der Waals surface area contributed by atoms with E-state index in [-0.39, 0.29) is 24.2 Å². The van der Waals surface area contributed by atoms with Gasteiger partial charge in [0.05, 0.1) is 33.3 Å². The molecule has 0 saturated heterocycles. The first-order valence-electron chi connectivity index (χ1n) is 12.1. The third-order valence-electron chi connectivity index (χ3n) is 6.59. The molecule has 0 aromatic heterocycles. The lowest BCUT2D eigenvalue weighted by Gasteiger charge is -2.42. The molecule has 194 valence electrons. The third kappa shape index (κ3) is 5.09. The maximum atomic E-state index is 13.9. The number of rotatable bonds is 9. The van der Waals surface area contributed by atoms with E-state index in [0.29, 0.717) is 46.9 Å². The summed E-state index contributed by atoms with van der Waals surface area (Å²) >= 11 is 0. The number of fused-ring (bicyclic) bond motifs is 1. The first kappa shape index (κ1) is 26.0. The van der Waals surface area contributed by atoms with Gasteiger partial charge in [-0.15, -0.1) is 0 Å². The summed E-state index contributed by atoms with van der Waals surface area (Å²) in [6, 6.07) is 16.1. The van der Waals surface area contributed by atoms with Crippen molar-refractivity contribution in [1.29, 1.82) is 0 Å². The number of carbonyl (C=O) groups excluding carboxylic acids is 2. The fourth-order valence-electron chi connectivity index (χ4n) is 4.91. The second kappa shape index (κ2) is 11.3. The fraction of sp³-hybridized carbons (Fsp3) is 0.310. The lowest BCUT2D eigenvalue weighted by molar-refractivity contribution is -0.124. The van der Waals surface area contributed by atoms with Gasteiger partial charge in [-0.3, -0.25) is 9.59 Å². The highest BCUT2D eigenvalue weighted by molar-refractivity contribution is 6.01. The van der Waals surface area contributed by atoms with Gasteiger partial charge in [0.15, 0.2) is 11.5 Å². The van der Waals surface area contributed by atoms with Crippen LogP contribution in [0.1, 0.15) is 52.4 Å². The van der Waals surface area contributed by atoms with Gasteiger partial charge in [0.1, 0.15) is 5.82 Å². The Morgan fingerprint density at radius 1 is 0.973 bits per heavy atom. The Balaban J connectivity index is 1.83.